The van der Waals surface area contributed by atoms with Crippen LogP contribution in [0.1, 0.15) is 11.1 Å². The van der Waals surface area contributed by atoms with Crippen molar-refractivity contribution in [2.45, 2.75) is 13.3 Å². The number of hydrogen-bond donors (Lipinski definition) is 2. The van der Waals surface area contributed by atoms with Crippen molar-refractivity contribution in [1.29, 1.82) is 0 Å². The number of hydrazone groups is 1. The van der Waals surface area contributed by atoms with E-state index in [1.807, 2.05) is 55.5 Å². The van der Waals surface area contributed by atoms with Crippen LogP contribution >= 0.6 is 23.8 Å². The number of hydrogen-bond acceptors (Lipinski definition) is 4. The molecule has 1 aromatic heterocycles. The topological polar surface area (TPSA) is 63.5 Å². The molecular formula is C27H19ClF3N5OS. The number of anilines is 1. The van der Waals surface area contributed by atoms with Gasteiger partial charge in [-0.1, -0.05) is 35.9 Å². The van der Waals surface area contributed by atoms with Gasteiger partial charge in [0.25, 0.3) is 0 Å². The highest BCUT2D eigenvalue weighted by molar-refractivity contribution is 7.80. The predicted octanol–water partition coefficient (Wildman–Crippen LogP) is 7.36. The number of aromatic nitrogens is 2. The molecule has 0 aliphatic heterocycles. The zero-order valence-electron chi connectivity index (χ0n) is 19.8. The van der Waals surface area contributed by atoms with Crippen molar-refractivity contribution in [2.24, 2.45) is 5.10 Å². The molecule has 0 atom stereocenters. The van der Waals surface area contributed by atoms with Crippen LogP contribution in [0.5, 0.6) is 5.75 Å². The van der Waals surface area contributed by atoms with Crippen molar-refractivity contribution in [3.05, 3.63) is 95.3 Å². The predicted molar refractivity (Wildman–Crippen MR) is 148 cm³/mol. The molecule has 0 spiro atoms. The fourth-order valence-corrected chi connectivity index (χ4v) is 4.32. The minimum absolute atomic E-state index is 0.282. The Bertz CT molecular complexity index is 1680. The molecule has 0 unspecified atom stereocenters. The van der Waals surface area contributed by atoms with Gasteiger partial charge in [-0.3, -0.25) is 9.99 Å². The van der Waals surface area contributed by atoms with E-state index in [-0.39, 0.29) is 5.75 Å². The van der Waals surface area contributed by atoms with Crippen molar-refractivity contribution < 1.29 is 17.9 Å². The van der Waals surface area contributed by atoms with E-state index in [4.69, 9.17) is 23.8 Å². The first kappa shape index (κ1) is 25.5. The van der Waals surface area contributed by atoms with Crippen LogP contribution in [0, 0.1) is 6.92 Å². The Morgan fingerprint density at radius 1 is 1.08 bits per heavy atom. The van der Waals surface area contributed by atoms with E-state index in [1.54, 1.807) is 29.2 Å². The van der Waals surface area contributed by atoms with Crippen LogP contribution in [0.25, 0.3) is 27.5 Å². The number of ether oxygens (including phenoxy) is 1. The third-order valence-corrected chi connectivity index (χ3v) is 6.40. The summed E-state index contributed by atoms with van der Waals surface area (Å²) in [4.78, 5) is 4.54. The first-order valence-corrected chi connectivity index (χ1v) is 12.1. The van der Waals surface area contributed by atoms with Crippen LogP contribution in [0.3, 0.4) is 0 Å². The second-order valence-electron chi connectivity index (χ2n) is 8.31. The van der Waals surface area contributed by atoms with Crippen molar-refractivity contribution in [2.75, 3.05) is 5.32 Å². The average molecular weight is 554 g/mol. The Kier molecular flexibility index (Phi) is 6.92. The number of benzene rings is 4. The summed E-state index contributed by atoms with van der Waals surface area (Å²) in [6.45, 7) is 1.90. The SMILES string of the molecule is Cc1c(Cl)cccc1NC(=S)NN=Cc1ccc2c(ccc3c2ncn3-c2ccc(OC(F)(F)F)cc2)c1. The maximum absolute atomic E-state index is 12.4. The number of fused-ring (bicyclic) bond motifs is 3. The molecule has 11 heteroatoms. The molecule has 38 heavy (non-hydrogen) atoms. The second-order valence-corrected chi connectivity index (χ2v) is 9.12. The largest absolute Gasteiger partial charge is 0.573 e. The van der Waals surface area contributed by atoms with Gasteiger partial charge in [-0.25, -0.2) is 4.98 Å². The van der Waals surface area contributed by atoms with E-state index in [2.05, 4.69) is 25.6 Å². The molecule has 192 valence electrons. The Morgan fingerprint density at radius 3 is 2.63 bits per heavy atom. The second kappa shape index (κ2) is 10.3. The first-order valence-electron chi connectivity index (χ1n) is 11.3. The summed E-state index contributed by atoms with van der Waals surface area (Å²) in [5, 5.41) is 10.1. The molecule has 6 nitrogen and oxygen atoms in total. The standard InChI is InChI=1S/C27H19ClF3N5OS/c1-16-22(28)3-2-4-23(16)34-26(38)35-33-14-17-5-11-21-18(13-17)6-12-24-25(21)32-15-36(24)19-7-9-20(10-8-19)37-27(29,30)31/h2-15H,1H3,(H2,34,35,38). The fraction of sp³-hybridized carbons (Fsp3) is 0.0741. The van der Waals surface area contributed by atoms with Crippen molar-refractivity contribution in [3.63, 3.8) is 0 Å². The summed E-state index contributed by atoms with van der Waals surface area (Å²) in [7, 11) is 0. The number of thiocarbonyl (C=S) groups is 1. The van der Waals surface area contributed by atoms with Gasteiger partial charge in [-0.05, 0) is 84.2 Å². The molecule has 4 aromatic carbocycles. The van der Waals surface area contributed by atoms with Gasteiger partial charge >= 0.3 is 6.36 Å². The van der Waals surface area contributed by atoms with Gasteiger partial charge in [0, 0.05) is 21.8 Å². The van der Waals surface area contributed by atoms with Crippen LogP contribution in [0.4, 0.5) is 18.9 Å². The lowest BCUT2D eigenvalue weighted by Crippen LogP contribution is -2.24. The van der Waals surface area contributed by atoms with Gasteiger partial charge in [0.05, 0.1) is 17.2 Å². The quantitative estimate of drug-likeness (QED) is 0.135. The Hall–Kier alpha value is -4.15. The smallest absolute Gasteiger partial charge is 0.406 e. The maximum atomic E-state index is 12.4. The number of halogens is 4. The molecule has 5 aromatic rings. The minimum atomic E-state index is -4.74. The van der Waals surface area contributed by atoms with E-state index in [9.17, 15) is 13.2 Å². The summed E-state index contributed by atoms with van der Waals surface area (Å²) in [6, 6.07) is 20.9. The van der Waals surface area contributed by atoms with Gasteiger partial charge in [0.2, 0.25) is 0 Å². The summed E-state index contributed by atoms with van der Waals surface area (Å²) >= 11 is 11.5. The molecule has 5 rings (SSSR count). The molecule has 0 aliphatic carbocycles. The number of imidazole rings is 1. The lowest BCUT2D eigenvalue weighted by atomic mass is 10.1. The van der Waals surface area contributed by atoms with Crippen molar-refractivity contribution in [3.8, 4) is 11.4 Å². The highest BCUT2D eigenvalue weighted by Crippen LogP contribution is 2.29. The molecule has 0 saturated heterocycles. The molecule has 2 N–H and O–H groups in total. The fourth-order valence-electron chi connectivity index (χ4n) is 3.98. The van der Waals surface area contributed by atoms with Crippen LogP contribution < -0.4 is 15.5 Å². The number of nitrogens with zero attached hydrogens (tertiary/aromatic N) is 3. The Labute approximate surface area is 225 Å². The maximum Gasteiger partial charge on any atom is 0.573 e. The third-order valence-electron chi connectivity index (χ3n) is 5.80. The highest BCUT2D eigenvalue weighted by Gasteiger charge is 2.31. The normalized spacial score (nSPS) is 11.8. The van der Waals surface area contributed by atoms with Gasteiger partial charge in [0.1, 0.15) is 12.1 Å². The molecule has 0 aliphatic rings. The molecule has 0 bridgehead atoms. The van der Waals surface area contributed by atoms with E-state index < -0.39 is 6.36 Å². The van der Waals surface area contributed by atoms with E-state index in [0.717, 1.165) is 38.6 Å². The third kappa shape index (κ3) is 5.56. The lowest BCUT2D eigenvalue weighted by molar-refractivity contribution is -0.274. The van der Waals surface area contributed by atoms with Crippen molar-refractivity contribution >= 4 is 62.6 Å². The average Bonchev–Trinajstić information content (AvgIpc) is 3.31. The van der Waals surface area contributed by atoms with Gasteiger partial charge < -0.3 is 10.1 Å². The first-order chi connectivity index (χ1) is 18.2. The number of alkyl halides is 3. The molecular weight excluding hydrogens is 535 g/mol. The molecule has 0 radical (unpaired) electrons. The van der Waals surface area contributed by atoms with Crippen molar-refractivity contribution in [1.82, 2.24) is 15.0 Å². The molecule has 1 heterocycles. The van der Waals surface area contributed by atoms with Crippen LogP contribution in [-0.2, 0) is 0 Å². The van der Waals surface area contributed by atoms with E-state index in [1.165, 1.54) is 12.1 Å². The van der Waals surface area contributed by atoms with Gasteiger partial charge in [-0.15, -0.1) is 13.2 Å². The van der Waals surface area contributed by atoms with Crippen LogP contribution in [0.2, 0.25) is 5.02 Å². The number of nitrogens with one attached hydrogen (secondary N) is 2. The summed E-state index contributed by atoms with van der Waals surface area (Å²) < 4.78 is 43.1. The van der Waals surface area contributed by atoms with E-state index >= 15 is 0 Å². The molecule has 0 saturated carbocycles. The summed E-state index contributed by atoms with van der Waals surface area (Å²) in [5.41, 5.74) is 7.58. The summed E-state index contributed by atoms with van der Waals surface area (Å²) in [6.07, 6.45) is -1.44. The number of rotatable bonds is 5. The highest BCUT2D eigenvalue weighted by atomic mass is 35.5. The Morgan fingerprint density at radius 2 is 1.87 bits per heavy atom. The summed E-state index contributed by atoms with van der Waals surface area (Å²) in [5.74, 6) is -0.282. The van der Waals surface area contributed by atoms with Gasteiger partial charge in [0.15, 0.2) is 5.11 Å². The molecule has 0 amide bonds. The molecule has 0 fully saturated rings. The van der Waals surface area contributed by atoms with Crippen LogP contribution in [-0.4, -0.2) is 27.2 Å². The minimum Gasteiger partial charge on any atom is -0.406 e. The van der Waals surface area contributed by atoms with Crippen LogP contribution in [0.15, 0.2) is 84.2 Å². The monoisotopic (exact) mass is 553 g/mol. The lowest BCUT2D eigenvalue weighted by Gasteiger charge is -2.10. The van der Waals surface area contributed by atoms with Gasteiger partial charge in [-0.2, -0.15) is 5.10 Å². The Balaban J connectivity index is 1.32. The van der Waals surface area contributed by atoms with E-state index in [0.29, 0.717) is 15.8 Å². The zero-order chi connectivity index (χ0) is 26.9. The zero-order valence-corrected chi connectivity index (χ0v) is 21.3.